The predicted octanol–water partition coefficient (Wildman–Crippen LogP) is 4.42. The summed E-state index contributed by atoms with van der Waals surface area (Å²) in [6.07, 6.45) is 10.2. The normalized spacial score (nSPS) is 12.5. The maximum atomic E-state index is 11.6. The van der Waals surface area contributed by atoms with Crippen LogP contribution in [0.3, 0.4) is 0 Å². The van der Waals surface area contributed by atoms with Crippen molar-refractivity contribution in [1.82, 2.24) is 5.32 Å². The van der Waals surface area contributed by atoms with Gasteiger partial charge in [-0.3, -0.25) is 9.59 Å². The molecular weight excluding hydrogens is 430 g/mol. The van der Waals surface area contributed by atoms with Crippen molar-refractivity contribution in [3.8, 4) is 0 Å². The molecule has 0 heterocycles. The van der Waals surface area contributed by atoms with Crippen LogP contribution in [-0.4, -0.2) is 83.3 Å². The number of carbonyl (C=O) groups is 3. The van der Waals surface area contributed by atoms with Crippen LogP contribution in [0, 0.1) is 0 Å². The smallest absolute Gasteiger partial charge is 1.00 e. The topological polar surface area (TPSA) is 104 Å². The van der Waals surface area contributed by atoms with E-state index in [1.54, 1.807) is 0 Å². The van der Waals surface area contributed by atoms with Crippen LogP contribution in [0.4, 0.5) is 0 Å². The summed E-state index contributed by atoms with van der Waals surface area (Å²) in [6.45, 7) is 8.44. The Hall–Kier alpha value is -0.760. The number of carboxylic acid groups (broad SMARTS) is 2. The Kier molecular flexibility index (Phi) is 19.9. The van der Waals surface area contributed by atoms with E-state index in [0.29, 0.717) is 5.75 Å². The third kappa shape index (κ3) is 19.2. The number of hydrogen-bond donors (Lipinski definition) is 3. The molecule has 1 atom stereocenters. The number of thioether (sulfide) groups is 1. The Labute approximate surface area is 217 Å². The van der Waals surface area contributed by atoms with Crippen molar-refractivity contribution in [2.45, 2.75) is 72.3 Å². The fourth-order valence-corrected chi connectivity index (χ4v) is 3.39. The Morgan fingerprint density at radius 1 is 0.900 bits per heavy atom. The number of carbonyl (C=O) groups excluding carboxylic acids is 1. The first-order valence-corrected chi connectivity index (χ1v) is 11.0. The maximum absolute atomic E-state index is 11.6. The van der Waals surface area contributed by atoms with Crippen molar-refractivity contribution >= 4 is 67.3 Å². The van der Waals surface area contributed by atoms with Crippen LogP contribution in [0.25, 0.3) is 0 Å². The van der Waals surface area contributed by atoms with Crippen molar-refractivity contribution in [2.75, 3.05) is 11.5 Å². The molecule has 0 spiro atoms. The van der Waals surface area contributed by atoms with Crippen molar-refractivity contribution in [3.63, 3.8) is 0 Å². The van der Waals surface area contributed by atoms with Gasteiger partial charge in [0.15, 0.2) is 0 Å². The van der Waals surface area contributed by atoms with Gasteiger partial charge in [-0.1, -0.05) is 34.9 Å². The summed E-state index contributed by atoms with van der Waals surface area (Å²) >= 11 is 1.43. The summed E-state index contributed by atoms with van der Waals surface area (Å²) in [5, 5.41) is 20.1. The van der Waals surface area contributed by atoms with Crippen molar-refractivity contribution in [3.05, 3.63) is 34.9 Å². The molecule has 3 N–H and O–H groups in total. The van der Waals surface area contributed by atoms with E-state index < -0.39 is 23.9 Å². The molecule has 30 heavy (non-hydrogen) atoms. The van der Waals surface area contributed by atoms with Gasteiger partial charge < -0.3 is 18.4 Å². The summed E-state index contributed by atoms with van der Waals surface area (Å²) in [5.41, 5.74) is 4.00. The fourth-order valence-electron chi connectivity index (χ4n) is 2.39. The molecule has 0 aromatic rings. The number of hydrogen-bond acceptors (Lipinski definition) is 4. The second-order valence-electron chi connectivity index (χ2n) is 7.35. The van der Waals surface area contributed by atoms with Crippen LogP contribution >= 0.6 is 11.8 Å². The van der Waals surface area contributed by atoms with Crippen LogP contribution in [-0.2, 0) is 14.4 Å². The Morgan fingerprint density at radius 2 is 1.47 bits per heavy atom. The van der Waals surface area contributed by atoms with Gasteiger partial charge in [0.1, 0.15) is 6.04 Å². The molecule has 8 heteroatoms. The summed E-state index contributed by atoms with van der Waals surface area (Å²) < 4.78 is 0. The third-order valence-corrected chi connectivity index (χ3v) is 5.13. The maximum Gasteiger partial charge on any atom is 2.00 e. The van der Waals surface area contributed by atoms with Crippen LogP contribution in [0.2, 0.25) is 0 Å². The monoisotopic (exact) mass is 467 g/mol. The molecule has 0 radical (unpaired) electrons. The first-order chi connectivity index (χ1) is 13.6. The van der Waals surface area contributed by atoms with E-state index in [1.165, 1.54) is 28.5 Å². The average Bonchev–Trinajstić information content (AvgIpc) is 2.61. The molecule has 0 aliphatic rings. The number of rotatable bonds is 15. The summed E-state index contributed by atoms with van der Waals surface area (Å²) in [7, 11) is 0. The number of carboxylic acids is 2. The number of nitrogens with one attached hydrogen (secondary N) is 1. The molecule has 0 saturated carbocycles. The Morgan fingerprint density at radius 3 is 2.00 bits per heavy atom. The molecule has 0 unspecified atom stereocenters. The zero-order valence-electron chi connectivity index (χ0n) is 20.7. The SMILES string of the molecule is CC(C)=CCCC(C)=CCCC(C)=CCSC[C@H](NC(=O)CCC(=O)O)C(=O)O.[Ca+2].[H-].[H-]. The molecule has 0 aliphatic heterocycles. The molecule has 0 fully saturated rings. The zero-order valence-corrected chi connectivity index (χ0v) is 21.7. The minimum absolute atomic E-state index is 0. The predicted molar refractivity (Wildman–Crippen MR) is 127 cm³/mol. The van der Waals surface area contributed by atoms with Crippen LogP contribution < -0.4 is 5.32 Å². The minimum atomic E-state index is -1.12. The van der Waals surface area contributed by atoms with Gasteiger partial charge in [0.05, 0.1) is 6.42 Å². The number of aliphatic carboxylic acids is 2. The molecule has 0 aliphatic carbocycles. The Balaban J connectivity index is -0.00000131. The molecule has 6 nitrogen and oxygen atoms in total. The van der Waals surface area contributed by atoms with Gasteiger partial charge in [0, 0.05) is 17.9 Å². The first-order valence-electron chi connectivity index (χ1n) is 9.88. The van der Waals surface area contributed by atoms with E-state index in [1.807, 2.05) is 0 Å². The van der Waals surface area contributed by atoms with Crippen LogP contribution in [0.15, 0.2) is 34.9 Å². The number of amides is 1. The molecule has 0 rings (SSSR count). The van der Waals surface area contributed by atoms with Crippen molar-refractivity contribution < 1.29 is 27.4 Å². The van der Waals surface area contributed by atoms with Crippen molar-refractivity contribution in [2.24, 2.45) is 0 Å². The van der Waals surface area contributed by atoms with Crippen LogP contribution in [0.1, 0.15) is 69.1 Å². The Bertz CT molecular complexity index is 650. The first kappa shape index (κ1) is 31.4. The minimum Gasteiger partial charge on any atom is -1.00 e. The summed E-state index contributed by atoms with van der Waals surface area (Å²) in [4.78, 5) is 33.3. The largest absolute Gasteiger partial charge is 2.00 e. The molecule has 0 bridgehead atoms. The van der Waals surface area contributed by atoms with Crippen LogP contribution in [0.5, 0.6) is 0 Å². The van der Waals surface area contributed by atoms with E-state index >= 15 is 0 Å². The second-order valence-corrected chi connectivity index (χ2v) is 8.42. The van der Waals surface area contributed by atoms with Gasteiger partial charge in [0.2, 0.25) is 5.91 Å². The average molecular weight is 468 g/mol. The van der Waals surface area contributed by atoms with E-state index in [2.05, 4.69) is 51.2 Å². The van der Waals surface area contributed by atoms with Crippen molar-refractivity contribution in [1.29, 1.82) is 0 Å². The van der Waals surface area contributed by atoms with E-state index in [9.17, 15) is 19.5 Å². The third-order valence-electron chi connectivity index (χ3n) is 4.16. The van der Waals surface area contributed by atoms with Gasteiger partial charge in [-0.15, -0.1) is 0 Å². The molecule has 0 saturated heterocycles. The summed E-state index contributed by atoms with van der Waals surface area (Å²) in [5.74, 6) is -1.85. The molecular formula is C22H37CaNO5S. The van der Waals surface area contributed by atoms with Gasteiger partial charge in [-0.25, -0.2) is 4.79 Å². The standard InChI is InChI=1S/C22H35NO5S.Ca.2H/c1-16(2)7-5-8-17(3)9-6-10-18(4)13-14-29-15-19(22(27)28)23-20(24)11-12-21(25)26;;;/h7,9,13,19H,5-6,8,10-12,14-15H2,1-4H3,(H,23,24)(H,25,26)(H,27,28);;;/q;+2;2*-1/t19-;;;/m0.../s1. The molecule has 0 aromatic carbocycles. The van der Waals surface area contributed by atoms with Gasteiger partial charge in [-0.2, -0.15) is 11.8 Å². The van der Waals surface area contributed by atoms with E-state index in [0.717, 1.165) is 25.7 Å². The summed E-state index contributed by atoms with van der Waals surface area (Å²) in [6, 6.07) is -1.01. The molecule has 0 aromatic heterocycles. The zero-order chi connectivity index (χ0) is 22.2. The van der Waals surface area contributed by atoms with Gasteiger partial charge >= 0.3 is 49.7 Å². The second kappa shape index (κ2) is 19.0. The fraction of sp³-hybridized carbons (Fsp3) is 0.591. The molecule has 168 valence electrons. The quantitative estimate of drug-likeness (QED) is 0.187. The van der Waals surface area contributed by atoms with E-state index in [4.69, 9.17) is 5.11 Å². The number of allylic oxidation sites excluding steroid dienone is 5. The van der Waals surface area contributed by atoms with Gasteiger partial charge in [-0.05, 0) is 53.4 Å². The molecule has 1 amide bonds. The van der Waals surface area contributed by atoms with E-state index in [-0.39, 0.29) is 59.2 Å². The van der Waals surface area contributed by atoms with Gasteiger partial charge in [0.25, 0.3) is 0 Å².